The number of hydrogen-bond donors (Lipinski definition) is 2. The summed E-state index contributed by atoms with van der Waals surface area (Å²) >= 11 is 5.81. The van der Waals surface area contributed by atoms with Gasteiger partial charge in [-0.25, -0.2) is 19.4 Å². The van der Waals surface area contributed by atoms with Crippen molar-refractivity contribution in [2.45, 2.75) is 19.9 Å². The number of aromatic nitrogens is 2. The summed E-state index contributed by atoms with van der Waals surface area (Å²) < 4.78 is 18.6. The molecule has 0 amide bonds. The molecule has 3 aromatic rings. The summed E-state index contributed by atoms with van der Waals surface area (Å²) in [5.74, 6) is 1.39. The number of guanidine groups is 1. The monoisotopic (exact) mass is 555 g/mol. The van der Waals surface area contributed by atoms with E-state index in [4.69, 9.17) is 16.3 Å². The highest BCUT2D eigenvalue weighted by Crippen LogP contribution is 2.19. The van der Waals surface area contributed by atoms with Crippen LogP contribution in [0.15, 0.2) is 65.9 Å². The molecule has 6 nitrogen and oxygen atoms in total. The van der Waals surface area contributed by atoms with E-state index in [1.807, 2.05) is 19.1 Å². The normalized spacial score (nSPS) is 10.9. The van der Waals surface area contributed by atoms with Gasteiger partial charge in [-0.15, -0.1) is 24.0 Å². The molecule has 0 aliphatic heterocycles. The third-order valence-corrected chi connectivity index (χ3v) is 4.32. The smallest absolute Gasteiger partial charge is 0.219 e. The molecule has 0 saturated heterocycles. The number of nitrogens with one attached hydrogen (secondary N) is 2. The first kappa shape index (κ1) is 24.8. The van der Waals surface area contributed by atoms with E-state index < -0.39 is 0 Å². The van der Waals surface area contributed by atoms with Crippen LogP contribution < -0.4 is 15.4 Å². The largest absolute Gasteiger partial charge is 0.439 e. The zero-order valence-electron chi connectivity index (χ0n) is 17.0. The van der Waals surface area contributed by atoms with Crippen molar-refractivity contribution < 1.29 is 9.13 Å². The lowest BCUT2D eigenvalue weighted by Crippen LogP contribution is -2.38. The Bertz CT molecular complexity index is 953. The molecule has 31 heavy (non-hydrogen) atoms. The van der Waals surface area contributed by atoms with Gasteiger partial charge in [-0.1, -0.05) is 23.7 Å². The quantitative estimate of drug-likeness (QED) is 0.178. The van der Waals surface area contributed by atoms with Crippen LogP contribution in [0.2, 0.25) is 5.15 Å². The third-order valence-electron chi connectivity index (χ3n) is 4.09. The lowest BCUT2D eigenvalue weighted by Gasteiger charge is -2.11. The second-order valence-corrected chi connectivity index (χ2v) is 6.81. The molecule has 0 saturated carbocycles. The minimum absolute atomic E-state index is 0. The fraction of sp³-hybridized carbons (Fsp3) is 0.227. The highest BCUT2D eigenvalue weighted by Gasteiger charge is 2.02. The lowest BCUT2D eigenvalue weighted by atomic mass is 10.2. The molecule has 2 heterocycles. The fourth-order valence-electron chi connectivity index (χ4n) is 2.58. The first-order chi connectivity index (χ1) is 14.6. The Balaban J connectivity index is 0.00000341. The summed E-state index contributed by atoms with van der Waals surface area (Å²) in [4.78, 5) is 13.0. The summed E-state index contributed by atoms with van der Waals surface area (Å²) in [5, 5.41) is 7.02. The number of halogens is 3. The van der Waals surface area contributed by atoms with Crippen molar-refractivity contribution in [2.75, 3.05) is 13.1 Å². The minimum atomic E-state index is -0.307. The van der Waals surface area contributed by atoms with Gasteiger partial charge in [0.25, 0.3) is 0 Å². The van der Waals surface area contributed by atoms with E-state index in [9.17, 15) is 4.39 Å². The molecular weight excluding hydrogens is 532 g/mol. The lowest BCUT2D eigenvalue weighted by molar-refractivity contribution is 0.461. The molecule has 0 spiro atoms. The van der Waals surface area contributed by atoms with Crippen molar-refractivity contribution in [1.82, 2.24) is 20.6 Å². The first-order valence-corrected chi connectivity index (χ1v) is 10.0. The average molecular weight is 556 g/mol. The van der Waals surface area contributed by atoms with E-state index in [0.29, 0.717) is 23.3 Å². The second-order valence-electron chi connectivity index (χ2n) is 6.42. The van der Waals surface area contributed by atoms with E-state index in [1.54, 1.807) is 36.7 Å². The Kier molecular flexibility index (Phi) is 10.5. The van der Waals surface area contributed by atoms with Crippen molar-refractivity contribution in [3.8, 4) is 11.6 Å². The van der Waals surface area contributed by atoms with Crippen molar-refractivity contribution in [3.05, 3.63) is 83.0 Å². The van der Waals surface area contributed by atoms with Gasteiger partial charge in [0.15, 0.2) is 5.96 Å². The Morgan fingerprint density at radius 3 is 2.39 bits per heavy atom. The van der Waals surface area contributed by atoms with Crippen LogP contribution in [0.3, 0.4) is 0 Å². The van der Waals surface area contributed by atoms with Crippen molar-refractivity contribution in [3.63, 3.8) is 0 Å². The topological polar surface area (TPSA) is 71.4 Å². The van der Waals surface area contributed by atoms with Gasteiger partial charge >= 0.3 is 0 Å². The highest BCUT2D eigenvalue weighted by atomic mass is 127. The van der Waals surface area contributed by atoms with E-state index in [-0.39, 0.29) is 29.8 Å². The van der Waals surface area contributed by atoms with Crippen molar-refractivity contribution in [1.29, 1.82) is 0 Å². The molecule has 0 bridgehead atoms. The summed E-state index contributed by atoms with van der Waals surface area (Å²) in [7, 11) is 0. The standard InChI is InChI=1S/C22H23ClFN5O.HI/c1-2-25-22(26-12-11-16-3-9-20(23)27-13-16)29-15-17-4-10-21(28-14-17)30-19-7-5-18(24)6-8-19;/h3-10,13-14H,2,11-12,15H2,1H3,(H2,25,26,29);1H. The molecule has 9 heteroatoms. The van der Waals surface area contributed by atoms with Gasteiger partial charge in [0.05, 0.1) is 6.54 Å². The van der Waals surface area contributed by atoms with Crippen LogP contribution in [0.4, 0.5) is 4.39 Å². The Labute approximate surface area is 203 Å². The zero-order chi connectivity index (χ0) is 21.2. The molecule has 0 atom stereocenters. The van der Waals surface area contributed by atoms with E-state index in [2.05, 4.69) is 25.6 Å². The maximum absolute atomic E-state index is 13.0. The SMILES string of the molecule is CCNC(=NCc1ccc(Oc2ccc(F)cc2)nc1)NCCc1ccc(Cl)nc1.I. The van der Waals surface area contributed by atoms with Gasteiger partial charge in [-0.05, 0) is 54.8 Å². The number of ether oxygens (including phenoxy) is 1. The van der Waals surface area contributed by atoms with Crippen LogP contribution >= 0.6 is 35.6 Å². The number of aliphatic imine (C=N–C) groups is 1. The summed E-state index contributed by atoms with van der Waals surface area (Å²) in [5.41, 5.74) is 2.05. The predicted molar refractivity (Wildman–Crippen MR) is 132 cm³/mol. The number of benzene rings is 1. The van der Waals surface area contributed by atoms with Crippen LogP contribution in [0.1, 0.15) is 18.1 Å². The molecule has 2 N–H and O–H groups in total. The Hall–Kier alpha value is -2.46. The van der Waals surface area contributed by atoms with Crippen molar-refractivity contribution in [2.24, 2.45) is 4.99 Å². The van der Waals surface area contributed by atoms with Gasteiger partial charge in [0.2, 0.25) is 5.88 Å². The molecule has 1 aromatic carbocycles. The number of hydrogen-bond acceptors (Lipinski definition) is 4. The van der Waals surface area contributed by atoms with E-state index >= 15 is 0 Å². The van der Waals surface area contributed by atoms with Crippen molar-refractivity contribution >= 4 is 41.5 Å². The Morgan fingerprint density at radius 2 is 1.74 bits per heavy atom. The Morgan fingerprint density at radius 1 is 1.00 bits per heavy atom. The molecule has 0 unspecified atom stereocenters. The number of rotatable bonds is 8. The molecule has 0 aliphatic carbocycles. The van der Waals surface area contributed by atoms with Gasteiger partial charge in [-0.3, -0.25) is 0 Å². The molecule has 3 rings (SSSR count). The van der Waals surface area contributed by atoms with Crippen LogP contribution in [0.5, 0.6) is 11.6 Å². The predicted octanol–water partition coefficient (Wildman–Crippen LogP) is 4.98. The van der Waals surface area contributed by atoms with Gasteiger partial charge < -0.3 is 15.4 Å². The summed E-state index contributed by atoms with van der Waals surface area (Å²) in [6.45, 7) is 3.97. The van der Waals surface area contributed by atoms with Crippen LogP contribution in [0, 0.1) is 5.82 Å². The molecule has 0 fully saturated rings. The van der Waals surface area contributed by atoms with Crippen LogP contribution in [0.25, 0.3) is 0 Å². The first-order valence-electron chi connectivity index (χ1n) is 9.63. The van der Waals surface area contributed by atoms with Gasteiger partial charge in [-0.2, -0.15) is 0 Å². The maximum atomic E-state index is 13.0. The summed E-state index contributed by atoms with van der Waals surface area (Å²) in [6.07, 6.45) is 4.30. The molecule has 2 aromatic heterocycles. The van der Waals surface area contributed by atoms with E-state index in [1.165, 1.54) is 12.1 Å². The highest BCUT2D eigenvalue weighted by molar-refractivity contribution is 14.0. The molecule has 164 valence electrons. The fourth-order valence-corrected chi connectivity index (χ4v) is 2.69. The van der Waals surface area contributed by atoms with Gasteiger partial charge in [0.1, 0.15) is 16.7 Å². The number of pyridine rings is 2. The van der Waals surface area contributed by atoms with Crippen LogP contribution in [-0.2, 0) is 13.0 Å². The second kappa shape index (κ2) is 13.1. The maximum Gasteiger partial charge on any atom is 0.219 e. The average Bonchev–Trinajstić information content (AvgIpc) is 2.76. The number of nitrogens with zero attached hydrogens (tertiary/aromatic N) is 3. The third kappa shape index (κ3) is 8.66. The molecule has 0 aliphatic rings. The molecule has 0 radical (unpaired) electrons. The molecular formula is C22H24ClFIN5O. The van der Waals surface area contributed by atoms with Gasteiger partial charge in [0, 0.05) is 31.5 Å². The summed E-state index contributed by atoms with van der Waals surface area (Å²) in [6, 6.07) is 13.2. The minimum Gasteiger partial charge on any atom is -0.439 e. The van der Waals surface area contributed by atoms with E-state index in [0.717, 1.165) is 36.6 Å². The van der Waals surface area contributed by atoms with Crippen LogP contribution in [-0.4, -0.2) is 29.0 Å². The zero-order valence-corrected chi connectivity index (χ0v) is 20.1.